The number of hydrogen-bond donors (Lipinski definition) is 1. The van der Waals surface area contributed by atoms with E-state index in [-0.39, 0.29) is 21.9 Å². The number of nitrogens with zero attached hydrogens (tertiary/aromatic N) is 2. The van der Waals surface area contributed by atoms with Crippen molar-refractivity contribution >= 4 is 0 Å². The molecule has 7 heteroatoms. The van der Waals surface area contributed by atoms with Crippen molar-refractivity contribution in [3.8, 4) is 0 Å². The van der Waals surface area contributed by atoms with Crippen LogP contribution in [0.3, 0.4) is 0 Å². The van der Waals surface area contributed by atoms with Gasteiger partial charge in [-0.05, 0) is 13.8 Å². The molecule has 0 aromatic rings. The molecule has 0 amide bonds. The molecule has 2 unspecified atom stereocenters. The highest BCUT2D eigenvalue weighted by molar-refractivity contribution is 4.95. The first kappa shape index (κ1) is 16.6. The Bertz CT molecular complexity index is 383. The molecule has 2 atom stereocenters. The Morgan fingerprint density at radius 3 is 2.48 bits per heavy atom. The van der Waals surface area contributed by atoms with Crippen molar-refractivity contribution < 1.29 is 14.5 Å². The third kappa shape index (κ3) is 3.36. The van der Waals surface area contributed by atoms with E-state index in [0.717, 1.165) is 0 Å². The standard InChI is InChI=1S/C14H27N3O4/c1-12(2)8-21-15-11(12)6-14(5,17(18)19)7-16-10-20-9-13(16,3)4/h11,15H,6-10H2,1-5H3. The summed E-state index contributed by atoms with van der Waals surface area (Å²) >= 11 is 0. The molecule has 2 rings (SSSR count). The van der Waals surface area contributed by atoms with Gasteiger partial charge in [0.1, 0.15) is 0 Å². The zero-order valence-electron chi connectivity index (χ0n) is 13.6. The van der Waals surface area contributed by atoms with Crippen molar-refractivity contribution in [1.29, 1.82) is 0 Å². The number of nitro groups is 1. The minimum absolute atomic E-state index is 0.0282. The fourth-order valence-corrected chi connectivity index (χ4v) is 2.89. The molecule has 21 heavy (non-hydrogen) atoms. The van der Waals surface area contributed by atoms with E-state index in [4.69, 9.17) is 9.57 Å². The maximum Gasteiger partial charge on any atom is 0.233 e. The molecule has 0 aromatic heterocycles. The van der Waals surface area contributed by atoms with Gasteiger partial charge in [-0.2, -0.15) is 5.48 Å². The van der Waals surface area contributed by atoms with Gasteiger partial charge >= 0.3 is 0 Å². The average molecular weight is 301 g/mol. The zero-order chi connectivity index (χ0) is 15.9. The number of rotatable bonds is 5. The molecule has 0 aliphatic carbocycles. The van der Waals surface area contributed by atoms with Crippen molar-refractivity contribution in [2.75, 3.05) is 26.5 Å². The van der Waals surface area contributed by atoms with Crippen molar-refractivity contribution in [2.24, 2.45) is 5.41 Å². The summed E-state index contributed by atoms with van der Waals surface area (Å²) in [7, 11) is 0. The van der Waals surface area contributed by atoms with Crippen LogP contribution in [0.2, 0.25) is 0 Å². The molecule has 0 radical (unpaired) electrons. The molecule has 2 aliphatic rings. The second kappa shape index (κ2) is 5.46. The largest absolute Gasteiger partial charge is 0.364 e. The molecular weight excluding hydrogens is 274 g/mol. The predicted octanol–water partition coefficient (Wildman–Crippen LogP) is 1.41. The van der Waals surface area contributed by atoms with Crippen LogP contribution in [0.25, 0.3) is 0 Å². The number of hydrogen-bond acceptors (Lipinski definition) is 6. The van der Waals surface area contributed by atoms with E-state index >= 15 is 0 Å². The third-order valence-corrected chi connectivity index (χ3v) is 4.79. The first-order valence-electron chi connectivity index (χ1n) is 7.41. The SMILES string of the molecule is CC1(C)CONC1CC(C)(CN1COCC1(C)C)[N+](=O)[O-]. The van der Waals surface area contributed by atoms with Gasteiger partial charge in [0.25, 0.3) is 0 Å². The summed E-state index contributed by atoms with van der Waals surface area (Å²) in [5, 5.41) is 11.7. The van der Waals surface area contributed by atoms with E-state index < -0.39 is 5.54 Å². The van der Waals surface area contributed by atoms with Crippen LogP contribution in [0.5, 0.6) is 0 Å². The van der Waals surface area contributed by atoms with Gasteiger partial charge < -0.3 is 9.57 Å². The molecule has 1 N–H and O–H groups in total. The minimum Gasteiger partial charge on any atom is -0.364 e. The Morgan fingerprint density at radius 1 is 1.38 bits per heavy atom. The van der Waals surface area contributed by atoms with E-state index in [2.05, 4.69) is 38.1 Å². The third-order valence-electron chi connectivity index (χ3n) is 4.79. The molecule has 0 saturated carbocycles. The van der Waals surface area contributed by atoms with Crippen LogP contribution in [-0.4, -0.2) is 53.4 Å². The minimum atomic E-state index is -1.03. The summed E-state index contributed by atoms with van der Waals surface area (Å²) in [5.41, 5.74) is 1.65. The lowest BCUT2D eigenvalue weighted by molar-refractivity contribution is -0.568. The van der Waals surface area contributed by atoms with Crippen molar-refractivity contribution in [3.63, 3.8) is 0 Å². The molecular formula is C14H27N3O4. The summed E-state index contributed by atoms with van der Waals surface area (Å²) in [5.74, 6) is 0. The van der Waals surface area contributed by atoms with Crippen LogP contribution >= 0.6 is 0 Å². The van der Waals surface area contributed by atoms with Gasteiger partial charge in [-0.25, -0.2) is 0 Å². The Hall–Kier alpha value is -0.760. The highest BCUT2D eigenvalue weighted by atomic mass is 16.7. The van der Waals surface area contributed by atoms with Crippen LogP contribution in [-0.2, 0) is 9.57 Å². The number of ether oxygens (including phenoxy) is 1. The Morgan fingerprint density at radius 2 is 2.05 bits per heavy atom. The summed E-state index contributed by atoms with van der Waals surface area (Å²) in [4.78, 5) is 18.9. The average Bonchev–Trinajstić information content (AvgIpc) is 2.82. The van der Waals surface area contributed by atoms with Gasteiger partial charge in [0.15, 0.2) is 0 Å². The molecule has 2 fully saturated rings. The lowest BCUT2D eigenvalue weighted by atomic mass is 9.79. The molecule has 2 aliphatic heterocycles. The second-order valence-corrected chi connectivity index (χ2v) is 7.89. The van der Waals surface area contributed by atoms with Gasteiger partial charge in [0, 0.05) is 35.3 Å². The van der Waals surface area contributed by atoms with Crippen molar-refractivity contribution in [3.05, 3.63) is 10.1 Å². The summed E-state index contributed by atoms with van der Waals surface area (Å²) < 4.78 is 5.47. The molecule has 2 saturated heterocycles. The van der Waals surface area contributed by atoms with Crippen LogP contribution in [0.4, 0.5) is 0 Å². The van der Waals surface area contributed by atoms with E-state index in [1.54, 1.807) is 6.92 Å². The summed E-state index contributed by atoms with van der Waals surface area (Å²) in [6, 6.07) is -0.0282. The Kier molecular flexibility index (Phi) is 4.32. The number of hydroxylamine groups is 1. The second-order valence-electron chi connectivity index (χ2n) is 7.89. The molecule has 0 spiro atoms. The van der Waals surface area contributed by atoms with E-state index in [1.165, 1.54) is 0 Å². The van der Waals surface area contributed by atoms with Gasteiger partial charge in [-0.1, -0.05) is 13.8 Å². The maximum atomic E-state index is 11.7. The van der Waals surface area contributed by atoms with Crippen LogP contribution in [0.1, 0.15) is 41.0 Å². The highest BCUT2D eigenvalue weighted by Crippen LogP contribution is 2.34. The fraction of sp³-hybridized carbons (Fsp3) is 1.00. The van der Waals surface area contributed by atoms with Gasteiger partial charge in [-0.15, -0.1) is 0 Å². The zero-order valence-corrected chi connectivity index (χ0v) is 13.6. The maximum absolute atomic E-state index is 11.7. The van der Waals surface area contributed by atoms with Crippen LogP contribution < -0.4 is 5.48 Å². The Balaban J connectivity index is 2.11. The van der Waals surface area contributed by atoms with Gasteiger partial charge in [0.2, 0.25) is 5.54 Å². The van der Waals surface area contributed by atoms with Gasteiger partial charge in [-0.3, -0.25) is 15.0 Å². The van der Waals surface area contributed by atoms with E-state index in [9.17, 15) is 10.1 Å². The summed E-state index contributed by atoms with van der Waals surface area (Å²) in [6.45, 7) is 12.0. The lowest BCUT2D eigenvalue weighted by Gasteiger charge is -2.36. The van der Waals surface area contributed by atoms with Crippen molar-refractivity contribution in [2.45, 2.75) is 58.2 Å². The molecule has 122 valence electrons. The monoisotopic (exact) mass is 301 g/mol. The summed E-state index contributed by atoms with van der Waals surface area (Å²) in [6.07, 6.45) is 0.430. The lowest BCUT2D eigenvalue weighted by Crippen LogP contribution is -2.55. The Labute approximate surface area is 126 Å². The first-order valence-corrected chi connectivity index (χ1v) is 7.41. The predicted molar refractivity (Wildman–Crippen MR) is 78.3 cm³/mol. The number of nitrogens with one attached hydrogen (secondary N) is 1. The van der Waals surface area contributed by atoms with E-state index in [1.807, 2.05) is 0 Å². The van der Waals surface area contributed by atoms with Crippen LogP contribution in [0.15, 0.2) is 0 Å². The van der Waals surface area contributed by atoms with Gasteiger partial charge in [0.05, 0.1) is 26.5 Å². The topological polar surface area (TPSA) is 76.9 Å². The normalized spacial score (nSPS) is 31.2. The molecule has 0 bridgehead atoms. The first-order chi connectivity index (χ1) is 9.57. The van der Waals surface area contributed by atoms with E-state index in [0.29, 0.717) is 32.9 Å². The molecule has 0 aromatic carbocycles. The molecule has 2 heterocycles. The van der Waals surface area contributed by atoms with Crippen molar-refractivity contribution in [1.82, 2.24) is 10.4 Å². The van der Waals surface area contributed by atoms with Crippen LogP contribution in [0, 0.1) is 15.5 Å². The highest BCUT2D eigenvalue weighted by Gasteiger charge is 2.49. The fourth-order valence-electron chi connectivity index (χ4n) is 2.89. The quantitative estimate of drug-likeness (QED) is 0.611. The molecule has 7 nitrogen and oxygen atoms in total. The smallest absolute Gasteiger partial charge is 0.233 e.